The zero-order valence-electron chi connectivity index (χ0n) is 14.3. The van der Waals surface area contributed by atoms with Gasteiger partial charge in [0.2, 0.25) is 0 Å². The fraction of sp³-hybridized carbons (Fsp3) is 0.136. The average molecular weight is 363 g/mol. The number of hydrogen-bond acceptors (Lipinski definition) is 2. The Labute approximate surface area is 157 Å². The molecule has 26 heavy (non-hydrogen) atoms. The van der Waals surface area contributed by atoms with Crippen molar-refractivity contribution >= 4 is 22.4 Å². The summed E-state index contributed by atoms with van der Waals surface area (Å²) >= 11 is 6.30. The third-order valence-corrected chi connectivity index (χ3v) is 4.87. The van der Waals surface area contributed by atoms with E-state index >= 15 is 0 Å². The number of halogens is 1. The molecule has 0 saturated carbocycles. The van der Waals surface area contributed by atoms with Gasteiger partial charge in [-0.05, 0) is 28.0 Å². The third-order valence-electron chi connectivity index (χ3n) is 4.50. The van der Waals surface area contributed by atoms with Crippen molar-refractivity contribution in [3.63, 3.8) is 0 Å². The lowest BCUT2D eigenvalue weighted by Crippen LogP contribution is -2.12. The van der Waals surface area contributed by atoms with Crippen molar-refractivity contribution in [3.8, 4) is 0 Å². The molecule has 0 saturated heterocycles. The van der Waals surface area contributed by atoms with Gasteiger partial charge in [-0.3, -0.25) is 0 Å². The standard InChI is InChI=1S/C22H19ClN2O/c23-21-11-4-2-7-18(21)15-26-22(14-25-13-12-24-16-25)20-10-5-8-17-6-1-3-9-19(17)20/h1-13,16,22H,14-15H2. The Morgan fingerprint density at radius 2 is 1.77 bits per heavy atom. The number of imidazole rings is 1. The molecule has 0 aliphatic carbocycles. The van der Waals surface area contributed by atoms with Crippen molar-refractivity contribution in [1.82, 2.24) is 9.55 Å². The molecule has 3 nitrogen and oxygen atoms in total. The van der Waals surface area contributed by atoms with Gasteiger partial charge in [0, 0.05) is 17.4 Å². The number of fused-ring (bicyclic) bond motifs is 1. The summed E-state index contributed by atoms with van der Waals surface area (Å²) < 4.78 is 8.38. The molecule has 4 aromatic rings. The number of hydrogen-bond donors (Lipinski definition) is 0. The fourth-order valence-electron chi connectivity index (χ4n) is 3.16. The minimum absolute atomic E-state index is 0.105. The van der Waals surface area contributed by atoms with E-state index in [0.29, 0.717) is 13.2 Å². The van der Waals surface area contributed by atoms with Crippen molar-refractivity contribution in [1.29, 1.82) is 0 Å². The minimum Gasteiger partial charge on any atom is -0.367 e. The highest BCUT2D eigenvalue weighted by Gasteiger charge is 2.16. The minimum atomic E-state index is -0.105. The Morgan fingerprint density at radius 3 is 2.62 bits per heavy atom. The van der Waals surface area contributed by atoms with Gasteiger partial charge in [-0.25, -0.2) is 4.98 Å². The highest BCUT2D eigenvalue weighted by molar-refractivity contribution is 6.31. The topological polar surface area (TPSA) is 27.1 Å². The highest BCUT2D eigenvalue weighted by Crippen LogP contribution is 2.29. The lowest BCUT2D eigenvalue weighted by atomic mass is 10.00. The van der Waals surface area contributed by atoms with E-state index in [9.17, 15) is 0 Å². The van der Waals surface area contributed by atoms with Crippen LogP contribution in [-0.4, -0.2) is 9.55 Å². The molecule has 0 amide bonds. The van der Waals surface area contributed by atoms with Crippen molar-refractivity contribution < 1.29 is 4.74 Å². The van der Waals surface area contributed by atoms with Crippen LogP contribution in [0.1, 0.15) is 17.2 Å². The molecule has 130 valence electrons. The van der Waals surface area contributed by atoms with E-state index in [1.54, 1.807) is 6.20 Å². The van der Waals surface area contributed by atoms with Gasteiger partial charge in [-0.1, -0.05) is 72.3 Å². The summed E-state index contributed by atoms with van der Waals surface area (Å²) in [5.41, 5.74) is 2.16. The molecule has 0 N–H and O–H groups in total. The average Bonchev–Trinajstić information content (AvgIpc) is 3.19. The van der Waals surface area contributed by atoms with E-state index < -0.39 is 0 Å². The lowest BCUT2D eigenvalue weighted by molar-refractivity contribution is 0.0289. The summed E-state index contributed by atoms with van der Waals surface area (Å²) in [5, 5.41) is 3.15. The van der Waals surface area contributed by atoms with Crippen LogP contribution in [0.4, 0.5) is 0 Å². The summed E-state index contributed by atoms with van der Waals surface area (Å²) in [4.78, 5) is 4.15. The van der Waals surface area contributed by atoms with E-state index in [1.165, 1.54) is 16.3 Å². The van der Waals surface area contributed by atoms with E-state index in [2.05, 4.69) is 47.4 Å². The van der Waals surface area contributed by atoms with Gasteiger partial charge < -0.3 is 9.30 Å². The number of aromatic nitrogens is 2. The predicted octanol–water partition coefficient (Wildman–Crippen LogP) is 5.65. The predicted molar refractivity (Wildman–Crippen MR) is 105 cm³/mol. The Hall–Kier alpha value is -2.62. The smallest absolute Gasteiger partial charge is 0.101 e. The monoisotopic (exact) mass is 362 g/mol. The Morgan fingerprint density at radius 1 is 0.962 bits per heavy atom. The quantitative estimate of drug-likeness (QED) is 0.443. The normalized spacial score (nSPS) is 12.3. The molecule has 1 heterocycles. The van der Waals surface area contributed by atoms with Crippen LogP contribution in [0, 0.1) is 0 Å². The Balaban J connectivity index is 1.67. The Kier molecular flexibility index (Phi) is 5.00. The second-order valence-corrected chi connectivity index (χ2v) is 6.63. The van der Waals surface area contributed by atoms with Crippen LogP contribution < -0.4 is 0 Å². The first kappa shape index (κ1) is 16.8. The molecular formula is C22H19ClN2O. The van der Waals surface area contributed by atoms with Gasteiger partial charge >= 0.3 is 0 Å². The van der Waals surface area contributed by atoms with Crippen LogP contribution in [0.3, 0.4) is 0 Å². The van der Waals surface area contributed by atoms with E-state index in [0.717, 1.165) is 10.6 Å². The van der Waals surface area contributed by atoms with Crippen molar-refractivity contribution in [3.05, 3.63) is 102 Å². The second kappa shape index (κ2) is 7.73. The molecule has 1 unspecified atom stereocenters. The molecule has 0 fully saturated rings. The summed E-state index contributed by atoms with van der Waals surface area (Å²) in [6.45, 7) is 1.15. The zero-order chi connectivity index (χ0) is 17.8. The number of ether oxygens (including phenoxy) is 1. The summed E-state index contributed by atoms with van der Waals surface area (Å²) in [5.74, 6) is 0. The maximum Gasteiger partial charge on any atom is 0.101 e. The molecule has 3 aromatic carbocycles. The molecule has 4 rings (SSSR count). The van der Waals surface area contributed by atoms with Gasteiger partial charge in [-0.15, -0.1) is 0 Å². The first-order valence-electron chi connectivity index (χ1n) is 8.59. The molecule has 1 atom stereocenters. The lowest BCUT2D eigenvalue weighted by Gasteiger charge is -2.21. The molecule has 0 radical (unpaired) electrons. The highest BCUT2D eigenvalue weighted by atomic mass is 35.5. The first-order valence-corrected chi connectivity index (χ1v) is 8.97. The number of benzene rings is 3. The van der Waals surface area contributed by atoms with Gasteiger partial charge in [0.1, 0.15) is 6.10 Å². The van der Waals surface area contributed by atoms with Gasteiger partial charge in [-0.2, -0.15) is 0 Å². The number of nitrogens with zero attached hydrogens (tertiary/aromatic N) is 2. The largest absolute Gasteiger partial charge is 0.367 e. The maximum absolute atomic E-state index is 6.34. The summed E-state index contributed by atoms with van der Waals surface area (Å²) in [7, 11) is 0. The van der Waals surface area contributed by atoms with E-state index in [-0.39, 0.29) is 6.10 Å². The van der Waals surface area contributed by atoms with Gasteiger partial charge in [0.15, 0.2) is 0 Å². The van der Waals surface area contributed by atoms with Gasteiger partial charge in [0.25, 0.3) is 0 Å². The molecule has 0 bridgehead atoms. The summed E-state index contributed by atoms with van der Waals surface area (Å²) in [6.07, 6.45) is 5.45. The van der Waals surface area contributed by atoms with Crippen molar-refractivity contribution in [2.45, 2.75) is 19.3 Å². The van der Waals surface area contributed by atoms with Crippen LogP contribution in [0.15, 0.2) is 85.5 Å². The van der Waals surface area contributed by atoms with Crippen LogP contribution >= 0.6 is 11.6 Å². The second-order valence-electron chi connectivity index (χ2n) is 6.22. The van der Waals surface area contributed by atoms with Crippen molar-refractivity contribution in [2.24, 2.45) is 0 Å². The van der Waals surface area contributed by atoms with Crippen molar-refractivity contribution in [2.75, 3.05) is 0 Å². The van der Waals surface area contributed by atoms with Crippen LogP contribution in [0.2, 0.25) is 5.02 Å². The molecule has 0 aliphatic rings. The fourth-order valence-corrected chi connectivity index (χ4v) is 3.35. The van der Waals surface area contributed by atoms with Gasteiger partial charge in [0.05, 0.1) is 19.5 Å². The molecule has 1 aromatic heterocycles. The Bertz CT molecular complexity index is 993. The van der Waals surface area contributed by atoms with Crippen LogP contribution in [0.5, 0.6) is 0 Å². The SMILES string of the molecule is Clc1ccccc1COC(Cn1ccnc1)c1cccc2ccccc12. The third kappa shape index (κ3) is 3.64. The molecule has 0 spiro atoms. The number of rotatable bonds is 6. The summed E-state index contributed by atoms with van der Waals surface area (Å²) in [6, 6.07) is 22.5. The van der Waals surface area contributed by atoms with Crippen LogP contribution in [0.25, 0.3) is 10.8 Å². The van der Waals surface area contributed by atoms with E-state index in [4.69, 9.17) is 16.3 Å². The van der Waals surface area contributed by atoms with Crippen LogP contribution in [-0.2, 0) is 17.9 Å². The molecular weight excluding hydrogens is 344 g/mol. The zero-order valence-corrected chi connectivity index (χ0v) is 15.0. The molecule has 4 heteroatoms. The van der Waals surface area contributed by atoms with E-state index in [1.807, 2.05) is 41.4 Å². The maximum atomic E-state index is 6.34. The molecule has 0 aliphatic heterocycles. The first-order chi connectivity index (χ1) is 12.8.